The van der Waals surface area contributed by atoms with Gasteiger partial charge in [0, 0.05) is 0 Å². The van der Waals surface area contributed by atoms with Gasteiger partial charge >= 0.3 is 0 Å². The lowest BCUT2D eigenvalue weighted by atomic mass is 9.93. The molecule has 0 amide bonds. The molecule has 3 unspecified atom stereocenters. The Balaban J connectivity index is 0.000000220. The molecule has 0 aromatic heterocycles. The summed E-state index contributed by atoms with van der Waals surface area (Å²) in [4.78, 5) is 0. The van der Waals surface area contributed by atoms with Crippen LogP contribution in [0.3, 0.4) is 0 Å². The van der Waals surface area contributed by atoms with Gasteiger partial charge in [-0.1, -0.05) is 223 Å². The summed E-state index contributed by atoms with van der Waals surface area (Å²) in [7, 11) is 0. The van der Waals surface area contributed by atoms with Crippen molar-refractivity contribution in [3.63, 3.8) is 0 Å². The predicted molar refractivity (Wildman–Crippen MR) is 344 cm³/mol. The van der Waals surface area contributed by atoms with Crippen LogP contribution in [0.15, 0.2) is 140 Å². The van der Waals surface area contributed by atoms with Crippen molar-refractivity contribution in [1.82, 2.24) is 0 Å². The first-order valence-corrected chi connectivity index (χ1v) is 32.2. The van der Waals surface area contributed by atoms with E-state index in [0.29, 0.717) is 54.7 Å². The van der Waals surface area contributed by atoms with E-state index in [2.05, 4.69) is 100 Å². The fourth-order valence-corrected chi connectivity index (χ4v) is 11.4. The lowest BCUT2D eigenvalue weighted by Crippen LogP contribution is -2.03. The average Bonchev–Trinajstić information content (AvgIpc) is 0.986. The van der Waals surface area contributed by atoms with Crippen LogP contribution in [0.5, 0.6) is 0 Å². The molecule has 0 radical (unpaired) electrons. The minimum Gasteiger partial charge on any atom is -0.206 e. The van der Waals surface area contributed by atoms with E-state index >= 15 is 0 Å². The first-order valence-electron chi connectivity index (χ1n) is 32.2. The van der Waals surface area contributed by atoms with Gasteiger partial charge in [-0.05, 0) is 172 Å². The third-order valence-electron chi connectivity index (χ3n) is 16.5. The highest BCUT2D eigenvalue weighted by Gasteiger charge is 2.21. The van der Waals surface area contributed by atoms with E-state index in [4.69, 9.17) is 0 Å². The summed E-state index contributed by atoms with van der Waals surface area (Å²) in [5.74, 6) is -13.2. The monoisotopic (exact) mass is 1250 g/mol. The normalized spacial score (nSPS) is 12.2. The highest BCUT2D eigenvalue weighted by atomic mass is 19.2. The van der Waals surface area contributed by atoms with Gasteiger partial charge < -0.3 is 0 Å². The Morgan fingerprint density at radius 3 is 0.867 bits per heavy atom. The molecule has 8 aromatic carbocycles. The van der Waals surface area contributed by atoms with Crippen LogP contribution >= 0.6 is 0 Å². The van der Waals surface area contributed by atoms with Gasteiger partial charge in [0.1, 0.15) is 23.3 Å². The Kier molecular flexibility index (Phi) is 29.3. The SMILES string of the molecule is CCCCCCC(C)Cc1cc(F)c(-c2cc(F)c(F)c(F)c2)c(F)c1.CCCCCCC(C)Cc1ccc(-c2ccc(-c3ccc(CCc4ccc(F)c(F)c4)cc3)cc2)cc1.CCCCCCCC(C)Cc1cc(F)c(-c2cc(F)c(F)c(F)c2)c(F)c1. The van der Waals surface area contributed by atoms with Crippen LogP contribution in [-0.4, -0.2) is 0 Å². The van der Waals surface area contributed by atoms with Gasteiger partial charge in [-0.3, -0.25) is 0 Å². The molecular formula is C78H86F12. The van der Waals surface area contributed by atoms with Crippen molar-refractivity contribution in [3.8, 4) is 44.5 Å². The number of halogens is 12. The van der Waals surface area contributed by atoms with Gasteiger partial charge in [0.05, 0.1) is 11.1 Å². The molecule has 0 spiro atoms. The zero-order valence-electron chi connectivity index (χ0n) is 52.9. The summed E-state index contributed by atoms with van der Waals surface area (Å²) in [6, 6.07) is 37.5. The van der Waals surface area contributed by atoms with E-state index in [1.54, 1.807) is 6.07 Å². The van der Waals surface area contributed by atoms with Crippen LogP contribution in [0.1, 0.15) is 172 Å². The van der Waals surface area contributed by atoms with E-state index in [9.17, 15) is 52.7 Å². The minimum atomic E-state index is -1.66. The number of hydrogen-bond donors (Lipinski definition) is 0. The highest BCUT2D eigenvalue weighted by Crippen LogP contribution is 2.34. The Hall–Kier alpha value is -7.08. The number of aryl methyl sites for hydroxylation is 2. The molecule has 90 heavy (non-hydrogen) atoms. The molecule has 8 aromatic rings. The summed E-state index contributed by atoms with van der Waals surface area (Å²) < 4.78 is 164. The van der Waals surface area contributed by atoms with Gasteiger partial charge in [0.2, 0.25) is 0 Å². The van der Waals surface area contributed by atoms with Crippen molar-refractivity contribution in [3.05, 3.63) is 237 Å². The zero-order chi connectivity index (χ0) is 65.3. The maximum Gasteiger partial charge on any atom is 0.194 e. The van der Waals surface area contributed by atoms with Crippen molar-refractivity contribution in [2.24, 2.45) is 17.8 Å². The summed E-state index contributed by atoms with van der Waals surface area (Å²) in [5.41, 5.74) is 7.41. The summed E-state index contributed by atoms with van der Waals surface area (Å²) in [5, 5.41) is 0. The standard InChI is InChI=1S/C35H38F2.C22H25F5.C21H23F5/c1-3-4-5-6-7-26(2)24-28-12-17-31(18-13-28)33-21-19-32(20-22-33)30-15-10-27(11-16-30)8-9-29-14-23-34(36)35(37)25-29;1-3-4-5-6-7-8-14(2)9-15-10-17(23)21(18(24)11-15)16-12-19(25)22(27)20(26)13-16;1-3-4-5-6-7-13(2)8-14-9-16(22)20(17(23)10-14)15-11-18(24)21(26)19(25)12-15/h10-23,25-26H,3-9,24H2,1-2H3;10-14H,3-9H2,1-2H3;9-13H,3-8H2,1-2H3. The zero-order valence-corrected chi connectivity index (χ0v) is 52.9. The number of hydrogen-bond acceptors (Lipinski definition) is 0. The number of rotatable bonds is 29. The Bertz CT molecular complexity index is 3390. The van der Waals surface area contributed by atoms with E-state index in [1.165, 1.54) is 128 Å². The molecule has 0 aliphatic carbocycles. The first kappa shape index (κ1) is 72.0. The molecule has 0 N–H and O–H groups in total. The Labute approximate surface area is 526 Å². The van der Waals surface area contributed by atoms with Crippen molar-refractivity contribution < 1.29 is 52.7 Å². The maximum atomic E-state index is 14.4. The van der Waals surface area contributed by atoms with Crippen molar-refractivity contribution in [2.45, 2.75) is 176 Å². The van der Waals surface area contributed by atoms with E-state index in [0.717, 1.165) is 69.3 Å². The van der Waals surface area contributed by atoms with Crippen LogP contribution in [0, 0.1) is 87.6 Å². The molecule has 8 rings (SSSR count). The number of unbranched alkanes of at least 4 members (excludes halogenated alkanes) is 10. The second-order valence-corrected chi connectivity index (χ2v) is 24.4. The van der Waals surface area contributed by atoms with Crippen LogP contribution in [0.25, 0.3) is 44.5 Å². The second kappa shape index (κ2) is 36.7. The van der Waals surface area contributed by atoms with E-state index < -0.39 is 80.9 Å². The molecule has 0 aliphatic rings. The smallest absolute Gasteiger partial charge is 0.194 e. The molecule has 0 aliphatic heterocycles. The van der Waals surface area contributed by atoms with Gasteiger partial charge in [-0.15, -0.1) is 0 Å². The summed E-state index contributed by atoms with van der Waals surface area (Å²) >= 11 is 0. The van der Waals surface area contributed by atoms with Gasteiger partial charge in [0.15, 0.2) is 46.5 Å². The molecule has 3 atom stereocenters. The quantitative estimate of drug-likeness (QED) is 0.0249. The highest BCUT2D eigenvalue weighted by molar-refractivity contribution is 5.71. The molecule has 0 saturated heterocycles. The third-order valence-corrected chi connectivity index (χ3v) is 16.5. The topological polar surface area (TPSA) is 0 Å². The lowest BCUT2D eigenvalue weighted by Gasteiger charge is -2.13. The van der Waals surface area contributed by atoms with Crippen LogP contribution < -0.4 is 0 Å². The molecule has 0 bridgehead atoms. The fraction of sp³-hybridized carbons (Fsp3) is 0.385. The molecule has 0 saturated carbocycles. The fourth-order valence-electron chi connectivity index (χ4n) is 11.4. The maximum absolute atomic E-state index is 14.4. The molecule has 0 heterocycles. The Morgan fingerprint density at radius 1 is 0.244 bits per heavy atom. The van der Waals surface area contributed by atoms with Gasteiger partial charge in [-0.2, -0.15) is 0 Å². The second-order valence-electron chi connectivity index (χ2n) is 24.4. The average molecular weight is 1250 g/mol. The van der Waals surface area contributed by atoms with Crippen LogP contribution in [0.4, 0.5) is 52.7 Å². The molecular weight excluding hydrogens is 1160 g/mol. The van der Waals surface area contributed by atoms with Crippen molar-refractivity contribution in [1.29, 1.82) is 0 Å². The van der Waals surface area contributed by atoms with Gasteiger partial charge in [-0.25, -0.2) is 52.7 Å². The van der Waals surface area contributed by atoms with Crippen molar-refractivity contribution >= 4 is 0 Å². The van der Waals surface area contributed by atoms with Crippen LogP contribution in [0.2, 0.25) is 0 Å². The van der Waals surface area contributed by atoms with Crippen LogP contribution in [-0.2, 0) is 32.1 Å². The van der Waals surface area contributed by atoms with Crippen molar-refractivity contribution in [2.75, 3.05) is 0 Å². The summed E-state index contributed by atoms with van der Waals surface area (Å²) in [6.45, 7) is 13.0. The van der Waals surface area contributed by atoms with E-state index in [1.807, 2.05) is 13.8 Å². The molecule has 482 valence electrons. The summed E-state index contributed by atoms with van der Waals surface area (Å²) in [6.07, 6.45) is 22.7. The largest absolute Gasteiger partial charge is 0.206 e. The minimum absolute atomic E-state index is 0.275. The molecule has 0 fully saturated rings. The third kappa shape index (κ3) is 22.4. The predicted octanol–water partition coefficient (Wildman–Crippen LogP) is 25.0. The molecule has 0 nitrogen and oxygen atoms in total. The first-order chi connectivity index (χ1) is 43.2. The number of benzene rings is 8. The van der Waals surface area contributed by atoms with E-state index in [-0.39, 0.29) is 23.0 Å². The lowest BCUT2D eigenvalue weighted by molar-refractivity contribution is 0.447. The Morgan fingerprint density at radius 2 is 0.522 bits per heavy atom. The molecule has 12 heteroatoms. The van der Waals surface area contributed by atoms with Gasteiger partial charge in [0.25, 0.3) is 0 Å².